The van der Waals surface area contributed by atoms with Crippen LogP contribution in [0.4, 0.5) is 0 Å². The minimum absolute atomic E-state index is 0.0386. The topological polar surface area (TPSA) is 105 Å². The third-order valence-corrected chi connectivity index (χ3v) is 4.56. The van der Waals surface area contributed by atoms with Crippen LogP contribution in [-0.4, -0.2) is 141 Å². The quantitative estimate of drug-likeness (QED) is 0.206. The lowest BCUT2D eigenvalue weighted by atomic mass is 10.3. The summed E-state index contributed by atoms with van der Waals surface area (Å²) in [5.74, 6) is -0.104. The fourth-order valence-electron chi connectivity index (χ4n) is 2.73. The molecule has 0 unspecified atom stereocenters. The van der Waals surface area contributed by atoms with Gasteiger partial charge in [0, 0.05) is 33.7 Å². The van der Waals surface area contributed by atoms with Crippen LogP contribution in [0.25, 0.3) is 0 Å². The molecule has 0 aromatic carbocycles. The van der Waals surface area contributed by atoms with Crippen LogP contribution < -0.4 is 0 Å². The van der Waals surface area contributed by atoms with Crippen LogP contribution in [0, 0.1) is 0 Å². The van der Waals surface area contributed by atoms with Crippen LogP contribution in [0.15, 0.2) is 0 Å². The first-order chi connectivity index (χ1) is 15.6. The van der Waals surface area contributed by atoms with E-state index in [1.54, 1.807) is 16.9 Å². The van der Waals surface area contributed by atoms with Gasteiger partial charge in [0.1, 0.15) is 0 Å². The maximum atomic E-state index is 12.0. The number of ether oxygens (including phenoxy) is 7. The predicted molar refractivity (Wildman–Crippen MR) is 116 cm³/mol. The summed E-state index contributed by atoms with van der Waals surface area (Å²) in [6.07, 6.45) is 0. The molecular formula is C21H40N2O9. The number of nitrogens with zero attached hydrogens (tertiary/aromatic N) is 2. The van der Waals surface area contributed by atoms with Crippen LogP contribution in [0.3, 0.4) is 0 Å². The van der Waals surface area contributed by atoms with Crippen LogP contribution in [0.2, 0.25) is 0 Å². The second kappa shape index (κ2) is 20.3. The summed E-state index contributed by atoms with van der Waals surface area (Å²) >= 11 is 0. The Kier molecular flexibility index (Phi) is 18.2. The second-order valence-electron chi connectivity index (χ2n) is 6.99. The standard InChI is InChI=1S/C21H40N2O9/c1-20(24)23-4-3-22(21(25)19-23)5-6-27-9-10-29-13-14-31-17-18-32-16-15-30-12-11-28-8-7-26-2/h3-19H2,1-2H3. The van der Waals surface area contributed by atoms with E-state index in [1.165, 1.54) is 6.92 Å². The van der Waals surface area contributed by atoms with Crippen molar-refractivity contribution in [3.63, 3.8) is 0 Å². The molecule has 1 aliphatic heterocycles. The largest absolute Gasteiger partial charge is 0.382 e. The Hall–Kier alpha value is -1.34. The maximum absolute atomic E-state index is 12.0. The maximum Gasteiger partial charge on any atom is 0.242 e. The van der Waals surface area contributed by atoms with Crippen LogP contribution in [0.5, 0.6) is 0 Å². The lowest BCUT2D eigenvalue weighted by molar-refractivity contribution is -0.144. The zero-order valence-corrected chi connectivity index (χ0v) is 19.6. The third-order valence-electron chi connectivity index (χ3n) is 4.56. The van der Waals surface area contributed by atoms with Gasteiger partial charge in [0.25, 0.3) is 0 Å². The minimum atomic E-state index is -0.0657. The van der Waals surface area contributed by atoms with Gasteiger partial charge >= 0.3 is 0 Å². The number of amides is 2. The van der Waals surface area contributed by atoms with Crippen molar-refractivity contribution in [3.8, 4) is 0 Å². The van der Waals surface area contributed by atoms with Gasteiger partial charge in [0.15, 0.2) is 0 Å². The molecule has 1 aliphatic rings. The molecule has 0 atom stereocenters. The Morgan fingerprint density at radius 2 is 1.09 bits per heavy atom. The highest BCUT2D eigenvalue weighted by Crippen LogP contribution is 2.03. The summed E-state index contributed by atoms with van der Waals surface area (Å²) in [6.45, 7) is 9.98. The Labute approximate surface area is 191 Å². The number of hydrogen-bond acceptors (Lipinski definition) is 9. The molecule has 1 saturated heterocycles. The van der Waals surface area contributed by atoms with Crippen LogP contribution in [0.1, 0.15) is 6.92 Å². The highest BCUT2D eigenvalue weighted by molar-refractivity contribution is 5.85. The van der Waals surface area contributed by atoms with Gasteiger partial charge in [0.05, 0.1) is 92.4 Å². The summed E-state index contributed by atoms with van der Waals surface area (Å²) in [6, 6.07) is 0. The molecule has 1 rings (SSSR count). The first-order valence-corrected chi connectivity index (χ1v) is 11.1. The molecule has 0 spiro atoms. The van der Waals surface area contributed by atoms with Crippen molar-refractivity contribution >= 4 is 11.8 Å². The summed E-state index contributed by atoms with van der Waals surface area (Å²) in [5, 5.41) is 0. The van der Waals surface area contributed by atoms with E-state index in [1.807, 2.05) is 0 Å². The fraction of sp³-hybridized carbons (Fsp3) is 0.905. The smallest absolute Gasteiger partial charge is 0.242 e. The van der Waals surface area contributed by atoms with Gasteiger partial charge in [-0.3, -0.25) is 9.59 Å². The molecule has 0 aromatic heterocycles. The first-order valence-electron chi connectivity index (χ1n) is 11.1. The van der Waals surface area contributed by atoms with Crippen molar-refractivity contribution in [1.82, 2.24) is 9.80 Å². The molecule has 11 nitrogen and oxygen atoms in total. The average Bonchev–Trinajstić information content (AvgIpc) is 2.78. The highest BCUT2D eigenvalue weighted by Gasteiger charge is 2.24. The number of carbonyl (C=O) groups excluding carboxylic acids is 2. The summed E-state index contributed by atoms with van der Waals surface area (Å²) < 4.78 is 37.3. The molecular weight excluding hydrogens is 424 g/mol. The van der Waals surface area contributed by atoms with Gasteiger partial charge in [0.2, 0.25) is 11.8 Å². The molecule has 2 amide bonds. The Morgan fingerprint density at radius 1 is 0.688 bits per heavy atom. The van der Waals surface area contributed by atoms with Crippen molar-refractivity contribution in [2.24, 2.45) is 0 Å². The lowest BCUT2D eigenvalue weighted by Gasteiger charge is -2.33. The molecule has 1 fully saturated rings. The SMILES string of the molecule is COCCOCCOCCOCCOCCOCCOCCN1CCN(C(C)=O)CC1=O. The van der Waals surface area contributed by atoms with E-state index in [9.17, 15) is 9.59 Å². The fourth-order valence-corrected chi connectivity index (χ4v) is 2.73. The second-order valence-corrected chi connectivity index (χ2v) is 6.99. The van der Waals surface area contributed by atoms with Crippen molar-refractivity contribution in [2.75, 3.05) is 119 Å². The van der Waals surface area contributed by atoms with E-state index in [2.05, 4.69) is 0 Å². The third kappa shape index (κ3) is 15.5. The number of methoxy groups -OCH3 is 1. The van der Waals surface area contributed by atoms with Gasteiger partial charge in [-0.05, 0) is 0 Å². The van der Waals surface area contributed by atoms with Gasteiger partial charge in [-0.15, -0.1) is 0 Å². The van der Waals surface area contributed by atoms with E-state index in [0.717, 1.165) is 0 Å². The lowest BCUT2D eigenvalue weighted by Crippen LogP contribution is -2.52. The van der Waals surface area contributed by atoms with Gasteiger partial charge in [-0.2, -0.15) is 0 Å². The Morgan fingerprint density at radius 3 is 1.47 bits per heavy atom. The molecule has 0 bridgehead atoms. The van der Waals surface area contributed by atoms with E-state index in [-0.39, 0.29) is 18.4 Å². The molecule has 188 valence electrons. The van der Waals surface area contributed by atoms with Crippen LogP contribution in [-0.2, 0) is 42.7 Å². The van der Waals surface area contributed by atoms with Crippen molar-refractivity contribution in [3.05, 3.63) is 0 Å². The first kappa shape index (κ1) is 28.7. The zero-order valence-electron chi connectivity index (χ0n) is 19.6. The number of rotatable bonds is 21. The molecule has 11 heteroatoms. The van der Waals surface area contributed by atoms with Gasteiger partial charge in [-0.25, -0.2) is 0 Å². The molecule has 0 saturated carbocycles. The van der Waals surface area contributed by atoms with E-state index in [4.69, 9.17) is 33.2 Å². The summed E-state index contributed by atoms with van der Waals surface area (Å²) in [5.41, 5.74) is 0. The van der Waals surface area contributed by atoms with E-state index < -0.39 is 0 Å². The number of hydrogen-bond donors (Lipinski definition) is 0. The van der Waals surface area contributed by atoms with Crippen LogP contribution >= 0.6 is 0 Å². The summed E-state index contributed by atoms with van der Waals surface area (Å²) in [7, 11) is 1.64. The van der Waals surface area contributed by atoms with Crippen molar-refractivity contribution in [2.45, 2.75) is 6.92 Å². The molecule has 0 radical (unpaired) electrons. The van der Waals surface area contributed by atoms with Gasteiger partial charge < -0.3 is 43.0 Å². The Bertz CT molecular complexity index is 482. The van der Waals surface area contributed by atoms with Gasteiger partial charge in [-0.1, -0.05) is 0 Å². The highest BCUT2D eigenvalue weighted by atomic mass is 16.6. The summed E-state index contributed by atoms with van der Waals surface area (Å²) in [4.78, 5) is 26.5. The Balaban J connectivity index is 1.74. The van der Waals surface area contributed by atoms with Crippen molar-refractivity contribution in [1.29, 1.82) is 0 Å². The normalized spacial score (nSPS) is 14.4. The predicted octanol–water partition coefficient (Wildman–Crippen LogP) is -0.577. The molecule has 0 N–H and O–H groups in total. The van der Waals surface area contributed by atoms with E-state index >= 15 is 0 Å². The van der Waals surface area contributed by atoms with E-state index in [0.29, 0.717) is 106 Å². The zero-order chi connectivity index (χ0) is 23.3. The number of piperazine rings is 1. The molecule has 1 heterocycles. The minimum Gasteiger partial charge on any atom is -0.382 e. The molecule has 32 heavy (non-hydrogen) atoms. The monoisotopic (exact) mass is 464 g/mol. The number of carbonyl (C=O) groups is 2. The molecule has 0 aliphatic carbocycles. The molecule has 0 aromatic rings. The average molecular weight is 465 g/mol. The van der Waals surface area contributed by atoms with Crippen molar-refractivity contribution < 1.29 is 42.7 Å².